The van der Waals surface area contributed by atoms with Gasteiger partial charge in [-0.25, -0.2) is 0 Å². The van der Waals surface area contributed by atoms with Crippen LogP contribution in [0.4, 0.5) is 8.78 Å². The summed E-state index contributed by atoms with van der Waals surface area (Å²) in [6.07, 6.45) is 0.727. The van der Waals surface area contributed by atoms with Crippen molar-refractivity contribution in [1.82, 2.24) is 10.6 Å². The van der Waals surface area contributed by atoms with E-state index in [1.807, 2.05) is 19.2 Å². The Balaban J connectivity index is 2.06. The van der Waals surface area contributed by atoms with Crippen molar-refractivity contribution >= 4 is 5.91 Å². The highest BCUT2D eigenvalue weighted by Gasteiger charge is 2.13. The summed E-state index contributed by atoms with van der Waals surface area (Å²) < 4.78 is 29.3. The Kier molecular flexibility index (Phi) is 6.69. The van der Waals surface area contributed by atoms with Gasteiger partial charge in [0.2, 0.25) is 0 Å². The van der Waals surface area contributed by atoms with Gasteiger partial charge in [-0.15, -0.1) is 0 Å². The van der Waals surface area contributed by atoms with Crippen LogP contribution in [0.1, 0.15) is 21.5 Å². The molecule has 4 nitrogen and oxygen atoms in total. The quantitative estimate of drug-likeness (QED) is 0.780. The summed E-state index contributed by atoms with van der Waals surface area (Å²) >= 11 is 0. The van der Waals surface area contributed by atoms with Gasteiger partial charge in [-0.2, -0.15) is 8.78 Å². The van der Waals surface area contributed by atoms with Crippen LogP contribution in [0.5, 0.6) is 5.75 Å². The first-order chi connectivity index (χ1) is 11.6. The summed E-state index contributed by atoms with van der Waals surface area (Å²) in [5, 5.41) is 5.81. The number of likely N-dealkylation sites (N-methyl/N-ethyl adjacent to an activating group) is 1. The van der Waals surface area contributed by atoms with E-state index in [-0.39, 0.29) is 18.2 Å². The maximum atomic E-state index is 12.4. The summed E-state index contributed by atoms with van der Waals surface area (Å²) in [4.78, 5) is 12.4. The molecule has 0 aromatic heterocycles. The zero-order valence-electron chi connectivity index (χ0n) is 13.4. The van der Waals surface area contributed by atoms with Crippen LogP contribution in [0.15, 0.2) is 48.5 Å². The average molecular weight is 334 g/mol. The largest absolute Gasteiger partial charge is 0.434 e. The molecule has 2 aromatic carbocycles. The first-order valence-corrected chi connectivity index (χ1v) is 7.65. The molecule has 0 aliphatic heterocycles. The van der Waals surface area contributed by atoms with E-state index in [0.717, 1.165) is 18.5 Å². The van der Waals surface area contributed by atoms with Crippen molar-refractivity contribution in [3.63, 3.8) is 0 Å². The first kappa shape index (κ1) is 17.9. The highest BCUT2D eigenvalue weighted by molar-refractivity contribution is 5.95. The summed E-state index contributed by atoms with van der Waals surface area (Å²) in [5.74, 6) is -0.176. The third-order valence-electron chi connectivity index (χ3n) is 3.53. The Hall–Kier alpha value is -2.47. The number of para-hydroxylation sites is 1. The third-order valence-corrected chi connectivity index (χ3v) is 3.53. The molecule has 1 amide bonds. The number of carbonyl (C=O) groups is 1. The fourth-order valence-electron chi connectivity index (χ4n) is 2.35. The highest BCUT2D eigenvalue weighted by Crippen LogP contribution is 2.20. The van der Waals surface area contributed by atoms with Gasteiger partial charge in [0, 0.05) is 17.7 Å². The second kappa shape index (κ2) is 8.98. The van der Waals surface area contributed by atoms with Gasteiger partial charge in [0.1, 0.15) is 5.75 Å². The van der Waals surface area contributed by atoms with Crippen molar-refractivity contribution in [2.45, 2.75) is 19.6 Å². The predicted molar refractivity (Wildman–Crippen MR) is 88.3 cm³/mol. The Morgan fingerprint density at radius 1 is 1.08 bits per heavy atom. The number of halogens is 2. The molecule has 0 unspecified atom stereocenters. The molecule has 0 fully saturated rings. The number of alkyl halides is 2. The van der Waals surface area contributed by atoms with Crippen molar-refractivity contribution < 1.29 is 18.3 Å². The molecule has 0 radical (unpaired) electrons. The van der Waals surface area contributed by atoms with E-state index in [1.165, 1.54) is 6.07 Å². The van der Waals surface area contributed by atoms with E-state index in [1.54, 1.807) is 30.3 Å². The number of benzene rings is 2. The molecule has 2 aromatic rings. The minimum Gasteiger partial charge on any atom is -0.434 e. The van der Waals surface area contributed by atoms with E-state index in [2.05, 4.69) is 15.4 Å². The monoisotopic (exact) mass is 334 g/mol. The number of ether oxygens (including phenoxy) is 1. The molecule has 0 bridgehead atoms. The van der Waals surface area contributed by atoms with E-state index >= 15 is 0 Å². The molecule has 2 rings (SSSR count). The van der Waals surface area contributed by atoms with E-state index < -0.39 is 6.61 Å². The van der Waals surface area contributed by atoms with Crippen LogP contribution >= 0.6 is 0 Å². The standard InChI is InChI=1S/C18H20F2N2O2/c1-21-11-10-13-6-2-4-8-15(13)17(23)22-12-14-7-3-5-9-16(14)24-18(19)20/h2-9,18,21H,10-12H2,1H3,(H,22,23). The molecule has 0 heterocycles. The van der Waals surface area contributed by atoms with Gasteiger partial charge in [-0.3, -0.25) is 4.79 Å². The zero-order chi connectivity index (χ0) is 17.4. The molecule has 6 heteroatoms. The Bertz CT molecular complexity index is 678. The fraction of sp³-hybridized carbons (Fsp3) is 0.278. The Labute approximate surface area is 139 Å². The number of carbonyl (C=O) groups excluding carboxylic acids is 1. The molecule has 24 heavy (non-hydrogen) atoms. The summed E-state index contributed by atoms with van der Waals surface area (Å²) in [6.45, 7) is -2.03. The van der Waals surface area contributed by atoms with Crippen LogP contribution in [0.25, 0.3) is 0 Å². The molecule has 2 N–H and O–H groups in total. The molecule has 0 spiro atoms. The van der Waals surface area contributed by atoms with Gasteiger partial charge in [0.15, 0.2) is 0 Å². The van der Waals surface area contributed by atoms with Crippen LogP contribution in [0.2, 0.25) is 0 Å². The molecule has 128 valence electrons. The normalized spacial score (nSPS) is 10.7. The molecular weight excluding hydrogens is 314 g/mol. The average Bonchev–Trinajstić information content (AvgIpc) is 2.58. The number of amides is 1. The fourth-order valence-corrected chi connectivity index (χ4v) is 2.35. The maximum absolute atomic E-state index is 12.4. The number of hydrogen-bond donors (Lipinski definition) is 2. The highest BCUT2D eigenvalue weighted by atomic mass is 19.3. The minimum atomic E-state index is -2.90. The van der Waals surface area contributed by atoms with Gasteiger partial charge in [-0.1, -0.05) is 36.4 Å². The maximum Gasteiger partial charge on any atom is 0.387 e. The van der Waals surface area contributed by atoms with Crippen molar-refractivity contribution in [2.24, 2.45) is 0 Å². The van der Waals surface area contributed by atoms with Crippen LogP contribution in [0, 0.1) is 0 Å². The van der Waals surface area contributed by atoms with Gasteiger partial charge in [0.25, 0.3) is 5.91 Å². The lowest BCUT2D eigenvalue weighted by Gasteiger charge is -2.13. The molecular formula is C18H20F2N2O2. The van der Waals surface area contributed by atoms with E-state index in [4.69, 9.17) is 0 Å². The summed E-state index contributed by atoms with van der Waals surface area (Å²) in [5.41, 5.74) is 2.01. The molecule has 0 saturated carbocycles. The number of rotatable bonds is 8. The van der Waals surface area contributed by atoms with Crippen LogP contribution in [-0.4, -0.2) is 26.1 Å². The number of hydrogen-bond acceptors (Lipinski definition) is 3. The van der Waals surface area contributed by atoms with Crippen molar-refractivity contribution in [1.29, 1.82) is 0 Å². The molecule has 0 saturated heterocycles. The molecule has 0 aliphatic carbocycles. The van der Waals surface area contributed by atoms with E-state index in [9.17, 15) is 13.6 Å². The summed E-state index contributed by atoms with van der Waals surface area (Å²) in [6, 6.07) is 13.7. The van der Waals surface area contributed by atoms with Crippen molar-refractivity contribution in [3.8, 4) is 5.75 Å². The van der Waals surface area contributed by atoms with Crippen LogP contribution < -0.4 is 15.4 Å². The molecule has 0 atom stereocenters. The predicted octanol–water partition coefficient (Wildman–Crippen LogP) is 2.98. The minimum absolute atomic E-state index is 0.0660. The number of nitrogens with one attached hydrogen (secondary N) is 2. The lowest BCUT2D eigenvalue weighted by atomic mass is 10.0. The first-order valence-electron chi connectivity index (χ1n) is 7.65. The Morgan fingerprint density at radius 3 is 2.46 bits per heavy atom. The topological polar surface area (TPSA) is 50.4 Å². The lowest BCUT2D eigenvalue weighted by molar-refractivity contribution is -0.0504. The van der Waals surface area contributed by atoms with Gasteiger partial charge in [-0.05, 0) is 37.7 Å². The smallest absolute Gasteiger partial charge is 0.387 e. The van der Waals surface area contributed by atoms with Crippen molar-refractivity contribution in [3.05, 3.63) is 65.2 Å². The van der Waals surface area contributed by atoms with Gasteiger partial charge < -0.3 is 15.4 Å². The van der Waals surface area contributed by atoms with E-state index in [0.29, 0.717) is 11.1 Å². The van der Waals surface area contributed by atoms with Gasteiger partial charge >= 0.3 is 6.61 Å². The second-order valence-electron chi connectivity index (χ2n) is 5.18. The van der Waals surface area contributed by atoms with Crippen LogP contribution in [-0.2, 0) is 13.0 Å². The van der Waals surface area contributed by atoms with Crippen molar-refractivity contribution in [2.75, 3.05) is 13.6 Å². The van der Waals surface area contributed by atoms with Crippen LogP contribution in [0.3, 0.4) is 0 Å². The summed E-state index contributed by atoms with van der Waals surface area (Å²) in [7, 11) is 1.85. The van der Waals surface area contributed by atoms with Gasteiger partial charge in [0.05, 0.1) is 0 Å². The SMILES string of the molecule is CNCCc1ccccc1C(=O)NCc1ccccc1OC(F)F. The Morgan fingerprint density at radius 2 is 1.75 bits per heavy atom. The lowest BCUT2D eigenvalue weighted by Crippen LogP contribution is -2.25. The molecule has 0 aliphatic rings. The third kappa shape index (κ3) is 5.03. The zero-order valence-corrected chi connectivity index (χ0v) is 13.4. The second-order valence-corrected chi connectivity index (χ2v) is 5.18.